The number of hydrogen-bond acceptors (Lipinski definition) is 4. The number of nitrogens with zero attached hydrogens (tertiary/aromatic N) is 3. The minimum atomic E-state index is 0.377. The highest BCUT2D eigenvalue weighted by atomic mass is 15.4. The topological polar surface area (TPSA) is 60.9 Å². The van der Waals surface area contributed by atoms with Crippen LogP contribution in [0.1, 0.15) is 0 Å². The summed E-state index contributed by atoms with van der Waals surface area (Å²) in [6.45, 7) is 0. The van der Waals surface area contributed by atoms with E-state index >= 15 is 0 Å². The Morgan fingerprint density at radius 3 is 3.10 bits per heavy atom. The molecule has 4 nitrogen and oxygen atoms in total. The molecule has 0 aromatic heterocycles. The Hall–Kier alpha value is -1.58. The van der Waals surface area contributed by atoms with E-state index in [0.717, 1.165) is 0 Å². The lowest BCUT2D eigenvalue weighted by atomic mass is 10.1. The molecule has 48 valence electrons. The van der Waals surface area contributed by atoms with Crippen LogP contribution in [0.4, 0.5) is 0 Å². The van der Waals surface area contributed by atoms with Gasteiger partial charge in [0.25, 0.3) is 0 Å². The van der Waals surface area contributed by atoms with Gasteiger partial charge in [0, 0.05) is 0 Å². The molecule has 0 unspecified atom stereocenters. The van der Waals surface area contributed by atoms with Crippen molar-refractivity contribution in [2.45, 2.75) is 0 Å². The molecule has 0 amide bonds. The first-order valence-electron chi connectivity index (χ1n) is 2.84. The van der Waals surface area contributed by atoms with Gasteiger partial charge in [0.15, 0.2) is 0 Å². The van der Waals surface area contributed by atoms with Gasteiger partial charge in [-0.05, 0) is 17.4 Å². The van der Waals surface area contributed by atoms with Gasteiger partial charge in [-0.3, -0.25) is 5.41 Å². The Labute approximate surface area is 57.2 Å². The minimum absolute atomic E-state index is 0.377. The summed E-state index contributed by atoms with van der Waals surface area (Å²) >= 11 is 0. The van der Waals surface area contributed by atoms with E-state index in [9.17, 15) is 0 Å². The summed E-state index contributed by atoms with van der Waals surface area (Å²) in [5.41, 5.74) is 1.64. The summed E-state index contributed by atoms with van der Waals surface area (Å²) in [6.07, 6.45) is 5.22. The number of hydrogen-bond donors (Lipinski definition) is 1. The van der Waals surface area contributed by atoms with Gasteiger partial charge >= 0.3 is 0 Å². The van der Waals surface area contributed by atoms with Crippen LogP contribution < -0.4 is 0 Å². The summed E-state index contributed by atoms with van der Waals surface area (Å²) in [5, 5.41) is 18.1. The number of allylic oxidation sites excluding steroid dienone is 4. The molecule has 0 aromatic rings. The average molecular weight is 132 g/mol. The molecule has 0 atom stereocenters. The lowest BCUT2D eigenvalue weighted by molar-refractivity contribution is 1.10. The van der Waals surface area contributed by atoms with Crippen LogP contribution in [0.15, 0.2) is 39.4 Å². The van der Waals surface area contributed by atoms with Gasteiger partial charge in [-0.1, -0.05) is 6.08 Å². The number of rotatable bonds is 0. The van der Waals surface area contributed by atoms with E-state index < -0.39 is 0 Å². The Morgan fingerprint density at radius 2 is 2.30 bits per heavy atom. The van der Waals surface area contributed by atoms with Crippen molar-refractivity contribution < 1.29 is 0 Å². The fourth-order valence-electron chi connectivity index (χ4n) is 0.832. The number of fused-ring (bicyclic) bond motifs is 1. The highest BCUT2D eigenvalue weighted by Gasteiger charge is 2.16. The lowest BCUT2D eigenvalue weighted by Crippen LogP contribution is -2.12. The molecular formula is C6H4N4. The first kappa shape index (κ1) is 5.22. The molecule has 0 saturated carbocycles. The molecule has 10 heavy (non-hydrogen) atoms. The zero-order valence-corrected chi connectivity index (χ0v) is 5.07. The van der Waals surface area contributed by atoms with Crippen molar-refractivity contribution in [3.8, 4) is 0 Å². The van der Waals surface area contributed by atoms with E-state index in [1.165, 1.54) is 0 Å². The van der Waals surface area contributed by atoms with Crippen LogP contribution in [0.2, 0.25) is 0 Å². The lowest BCUT2D eigenvalue weighted by Gasteiger charge is -1.99. The van der Waals surface area contributed by atoms with Crippen molar-refractivity contribution in [1.82, 2.24) is 0 Å². The van der Waals surface area contributed by atoms with Crippen molar-refractivity contribution in [1.29, 1.82) is 5.41 Å². The van der Waals surface area contributed by atoms with Crippen molar-refractivity contribution in [3.63, 3.8) is 0 Å². The van der Waals surface area contributed by atoms with Crippen LogP contribution in [0.3, 0.4) is 0 Å². The zero-order chi connectivity index (χ0) is 6.97. The maximum Gasteiger partial charge on any atom is 0.140 e. The summed E-state index contributed by atoms with van der Waals surface area (Å²) in [6, 6.07) is 0. The summed E-state index contributed by atoms with van der Waals surface area (Å²) < 4.78 is 0. The fourth-order valence-corrected chi connectivity index (χ4v) is 0.832. The standard InChI is InChI=1S/C6H4N4/c7-4-2-1-3-5-6(4)9-10-8-5/h1-3,7H. The van der Waals surface area contributed by atoms with Crippen molar-refractivity contribution in [2.75, 3.05) is 0 Å². The van der Waals surface area contributed by atoms with E-state index in [4.69, 9.17) is 5.41 Å². The third-order valence-corrected chi connectivity index (χ3v) is 1.31. The molecule has 1 aliphatic heterocycles. The van der Waals surface area contributed by atoms with E-state index in [1.807, 2.05) is 0 Å². The molecule has 2 rings (SSSR count). The second-order valence-corrected chi connectivity index (χ2v) is 1.96. The maximum absolute atomic E-state index is 7.34. The second kappa shape index (κ2) is 1.70. The third kappa shape index (κ3) is 0.556. The van der Waals surface area contributed by atoms with Gasteiger partial charge in [0.1, 0.15) is 11.4 Å². The van der Waals surface area contributed by atoms with Crippen LogP contribution in [0, 0.1) is 5.41 Å². The van der Waals surface area contributed by atoms with Gasteiger partial charge in [-0.2, -0.15) is 0 Å². The average Bonchev–Trinajstić information content (AvgIpc) is 2.36. The third-order valence-electron chi connectivity index (χ3n) is 1.31. The molecule has 0 aromatic carbocycles. The zero-order valence-electron chi connectivity index (χ0n) is 5.07. The van der Waals surface area contributed by atoms with E-state index in [2.05, 4.69) is 15.4 Å². The van der Waals surface area contributed by atoms with Crippen molar-refractivity contribution >= 4 is 11.4 Å². The van der Waals surface area contributed by atoms with Gasteiger partial charge < -0.3 is 0 Å². The Bertz CT molecular complexity index is 300. The molecule has 2 aliphatic rings. The Kier molecular flexibility index (Phi) is 0.887. The van der Waals surface area contributed by atoms with Crippen LogP contribution in [0.25, 0.3) is 0 Å². The molecule has 0 spiro atoms. The summed E-state index contributed by atoms with van der Waals surface area (Å²) in [5.74, 6) is 0. The first-order valence-corrected chi connectivity index (χ1v) is 2.84. The van der Waals surface area contributed by atoms with Crippen LogP contribution in [0.5, 0.6) is 0 Å². The predicted molar refractivity (Wildman–Crippen MR) is 37.2 cm³/mol. The van der Waals surface area contributed by atoms with E-state index in [1.54, 1.807) is 18.2 Å². The molecule has 4 heteroatoms. The Morgan fingerprint density at radius 1 is 1.40 bits per heavy atom. The molecule has 0 fully saturated rings. The molecule has 0 bridgehead atoms. The number of nitrogens with one attached hydrogen (secondary N) is 1. The molecular weight excluding hydrogens is 128 g/mol. The highest BCUT2D eigenvalue weighted by Crippen LogP contribution is 2.14. The highest BCUT2D eigenvalue weighted by molar-refractivity contribution is 6.51. The minimum Gasteiger partial charge on any atom is -0.298 e. The quantitative estimate of drug-likeness (QED) is 0.482. The first-order chi connectivity index (χ1) is 4.88. The SMILES string of the molecule is N=C1C=CC=C2N=NN=C12. The van der Waals surface area contributed by atoms with Gasteiger partial charge in [0.05, 0.1) is 5.71 Å². The molecule has 1 N–H and O–H groups in total. The maximum atomic E-state index is 7.34. The molecule has 0 saturated heterocycles. The van der Waals surface area contributed by atoms with E-state index in [0.29, 0.717) is 17.1 Å². The van der Waals surface area contributed by atoms with Crippen LogP contribution >= 0.6 is 0 Å². The second-order valence-electron chi connectivity index (χ2n) is 1.96. The summed E-state index contributed by atoms with van der Waals surface area (Å²) in [7, 11) is 0. The molecule has 1 heterocycles. The van der Waals surface area contributed by atoms with Crippen LogP contribution in [-0.4, -0.2) is 11.4 Å². The van der Waals surface area contributed by atoms with Gasteiger partial charge in [0.2, 0.25) is 0 Å². The fraction of sp³-hybridized carbons (Fsp3) is 0. The summed E-state index contributed by atoms with van der Waals surface area (Å²) in [4.78, 5) is 0. The van der Waals surface area contributed by atoms with Gasteiger partial charge in [-0.25, -0.2) is 0 Å². The van der Waals surface area contributed by atoms with E-state index in [-0.39, 0.29) is 0 Å². The Balaban J connectivity index is 2.54. The molecule has 1 aliphatic carbocycles. The normalized spacial score (nSPS) is 20.6. The molecule has 0 radical (unpaired) electrons. The smallest absolute Gasteiger partial charge is 0.140 e. The predicted octanol–water partition coefficient (Wildman–Crippen LogP) is 1.28. The largest absolute Gasteiger partial charge is 0.298 e. The van der Waals surface area contributed by atoms with Crippen LogP contribution in [-0.2, 0) is 0 Å². The van der Waals surface area contributed by atoms with Gasteiger partial charge in [-0.15, -0.1) is 10.2 Å². The monoisotopic (exact) mass is 132 g/mol. The van der Waals surface area contributed by atoms with Crippen molar-refractivity contribution in [3.05, 3.63) is 23.9 Å². The van der Waals surface area contributed by atoms with Crippen molar-refractivity contribution in [2.24, 2.45) is 15.4 Å².